The summed E-state index contributed by atoms with van der Waals surface area (Å²) in [7, 11) is -3.83. The number of aliphatic carboxylic acids is 1. The fourth-order valence-corrected chi connectivity index (χ4v) is 2.82. The lowest BCUT2D eigenvalue weighted by Crippen LogP contribution is -2.37. The lowest BCUT2D eigenvalue weighted by atomic mass is 10.3. The number of benzene rings is 1. The molecule has 100 valence electrons. The number of nitrogens with zero attached hydrogens (tertiary/aromatic N) is 1. The van der Waals surface area contributed by atoms with Crippen molar-refractivity contribution >= 4 is 44.3 Å². The van der Waals surface area contributed by atoms with E-state index in [1.807, 2.05) is 22.6 Å². The van der Waals surface area contributed by atoms with Crippen LogP contribution in [0.15, 0.2) is 18.2 Å². The summed E-state index contributed by atoms with van der Waals surface area (Å²) in [4.78, 5) is 10.7. The van der Waals surface area contributed by atoms with Crippen LogP contribution in [-0.4, -0.2) is 31.8 Å². The molecule has 1 aromatic rings. The summed E-state index contributed by atoms with van der Waals surface area (Å²) in [6.45, 7) is 0.572. The third-order valence-electron chi connectivity index (χ3n) is 2.16. The molecule has 0 heterocycles. The van der Waals surface area contributed by atoms with E-state index >= 15 is 0 Å². The summed E-state index contributed by atoms with van der Waals surface area (Å²) >= 11 is 1.88. The van der Waals surface area contributed by atoms with Crippen LogP contribution in [0.3, 0.4) is 0 Å². The average molecular weight is 387 g/mol. The Morgan fingerprint density at radius 3 is 2.56 bits per heavy atom. The Morgan fingerprint density at radius 2 is 2.11 bits per heavy atom. The van der Waals surface area contributed by atoms with Gasteiger partial charge in [0.05, 0.1) is 11.4 Å². The van der Waals surface area contributed by atoms with Gasteiger partial charge in [0, 0.05) is 3.57 Å². The van der Waals surface area contributed by atoms with Gasteiger partial charge in [0.25, 0.3) is 0 Å². The number of sulfonamides is 1. The molecule has 8 heteroatoms. The van der Waals surface area contributed by atoms with E-state index in [0.29, 0.717) is 7.88 Å². The van der Waals surface area contributed by atoms with Crippen molar-refractivity contribution in [2.45, 2.75) is 6.92 Å². The van der Waals surface area contributed by atoms with Gasteiger partial charge < -0.3 is 5.11 Å². The van der Waals surface area contributed by atoms with E-state index < -0.39 is 28.4 Å². The van der Waals surface area contributed by atoms with Gasteiger partial charge in [0.1, 0.15) is 12.4 Å². The lowest BCUT2D eigenvalue weighted by molar-refractivity contribution is -0.135. The van der Waals surface area contributed by atoms with Crippen LogP contribution in [0.1, 0.15) is 6.92 Å². The first-order valence-corrected chi connectivity index (χ1v) is 7.64. The molecule has 0 saturated heterocycles. The molecule has 0 aliphatic heterocycles. The fraction of sp³-hybridized carbons (Fsp3) is 0.300. The zero-order valence-corrected chi connectivity index (χ0v) is 12.4. The summed E-state index contributed by atoms with van der Waals surface area (Å²) < 4.78 is 38.4. The van der Waals surface area contributed by atoms with Crippen LogP contribution >= 0.6 is 22.6 Å². The Labute approximate surface area is 118 Å². The number of carboxylic acid groups (broad SMARTS) is 1. The minimum Gasteiger partial charge on any atom is -0.480 e. The molecule has 0 unspecified atom stereocenters. The first kappa shape index (κ1) is 15.2. The maximum atomic E-state index is 13.7. The van der Waals surface area contributed by atoms with Crippen molar-refractivity contribution in [2.75, 3.05) is 16.6 Å². The molecule has 0 amide bonds. The maximum Gasteiger partial charge on any atom is 0.324 e. The van der Waals surface area contributed by atoms with Crippen molar-refractivity contribution in [2.24, 2.45) is 0 Å². The molecule has 0 spiro atoms. The third kappa shape index (κ3) is 3.55. The molecule has 0 aliphatic carbocycles. The summed E-state index contributed by atoms with van der Waals surface area (Å²) in [6.07, 6.45) is 0. The predicted octanol–water partition coefficient (Wildman–Crippen LogP) is 1.67. The first-order valence-electron chi connectivity index (χ1n) is 4.95. The van der Waals surface area contributed by atoms with E-state index in [0.717, 1.165) is 6.07 Å². The van der Waals surface area contributed by atoms with Crippen LogP contribution < -0.4 is 4.31 Å². The number of hydrogen-bond acceptors (Lipinski definition) is 3. The topological polar surface area (TPSA) is 74.7 Å². The van der Waals surface area contributed by atoms with E-state index in [4.69, 9.17) is 5.11 Å². The van der Waals surface area contributed by atoms with Crippen LogP contribution in [-0.2, 0) is 14.8 Å². The second-order valence-corrected chi connectivity index (χ2v) is 6.82. The van der Waals surface area contributed by atoms with Gasteiger partial charge in [0.2, 0.25) is 10.0 Å². The Morgan fingerprint density at radius 1 is 1.50 bits per heavy atom. The number of hydrogen-bond donors (Lipinski definition) is 1. The van der Waals surface area contributed by atoms with Gasteiger partial charge in [-0.1, -0.05) is 0 Å². The van der Waals surface area contributed by atoms with Crippen LogP contribution in [0.4, 0.5) is 10.1 Å². The fourth-order valence-electron chi connectivity index (χ4n) is 1.30. The van der Waals surface area contributed by atoms with Gasteiger partial charge in [-0.15, -0.1) is 0 Å². The molecule has 18 heavy (non-hydrogen) atoms. The van der Waals surface area contributed by atoms with Gasteiger partial charge in [-0.3, -0.25) is 9.10 Å². The molecule has 0 bridgehead atoms. The third-order valence-corrected chi connectivity index (χ3v) is 4.56. The summed E-state index contributed by atoms with van der Waals surface area (Å²) in [5, 5.41) is 8.72. The number of carbonyl (C=O) groups is 1. The highest BCUT2D eigenvalue weighted by molar-refractivity contribution is 14.1. The molecule has 1 N–H and O–H groups in total. The summed E-state index contributed by atoms with van der Waals surface area (Å²) in [6, 6.07) is 3.92. The van der Waals surface area contributed by atoms with Crippen molar-refractivity contribution in [3.05, 3.63) is 27.6 Å². The molecule has 0 aliphatic rings. The molecule has 0 aromatic heterocycles. The average Bonchev–Trinajstić information content (AvgIpc) is 2.26. The highest BCUT2D eigenvalue weighted by Gasteiger charge is 2.25. The van der Waals surface area contributed by atoms with Gasteiger partial charge in [-0.25, -0.2) is 12.8 Å². The Hall–Kier alpha value is -0.900. The molecule has 0 fully saturated rings. The number of anilines is 1. The van der Waals surface area contributed by atoms with Gasteiger partial charge >= 0.3 is 5.97 Å². The minimum atomic E-state index is -3.83. The second-order valence-electron chi connectivity index (χ2n) is 3.40. The molecule has 1 aromatic carbocycles. The molecule has 0 saturated carbocycles. The van der Waals surface area contributed by atoms with Gasteiger partial charge in [-0.2, -0.15) is 0 Å². The van der Waals surface area contributed by atoms with Gasteiger partial charge in [-0.05, 0) is 47.7 Å². The van der Waals surface area contributed by atoms with E-state index in [2.05, 4.69) is 0 Å². The normalized spacial score (nSPS) is 11.3. The predicted molar refractivity (Wildman–Crippen MR) is 73.6 cm³/mol. The van der Waals surface area contributed by atoms with Gasteiger partial charge in [0.15, 0.2) is 0 Å². The summed E-state index contributed by atoms with van der Waals surface area (Å²) in [5.74, 6) is -2.41. The molecular formula is C10H11FINO4S. The monoisotopic (exact) mass is 387 g/mol. The van der Waals surface area contributed by atoms with Crippen molar-refractivity contribution in [1.82, 2.24) is 0 Å². The molecular weight excluding hydrogens is 376 g/mol. The zero-order chi connectivity index (χ0) is 13.9. The van der Waals surface area contributed by atoms with Crippen molar-refractivity contribution in [3.8, 4) is 0 Å². The van der Waals surface area contributed by atoms with Crippen LogP contribution in [0, 0.1) is 9.39 Å². The highest BCUT2D eigenvalue weighted by atomic mass is 127. The summed E-state index contributed by atoms with van der Waals surface area (Å²) in [5.41, 5.74) is -0.250. The first-order chi connectivity index (χ1) is 8.27. The van der Waals surface area contributed by atoms with E-state index in [9.17, 15) is 17.6 Å². The molecule has 5 nitrogen and oxygen atoms in total. The zero-order valence-electron chi connectivity index (χ0n) is 9.43. The largest absolute Gasteiger partial charge is 0.480 e. The lowest BCUT2D eigenvalue weighted by Gasteiger charge is -2.22. The van der Waals surface area contributed by atoms with E-state index in [-0.39, 0.29) is 11.4 Å². The van der Waals surface area contributed by atoms with Crippen LogP contribution in [0.2, 0.25) is 0 Å². The molecule has 1 rings (SSSR count). The Kier molecular flexibility index (Phi) is 4.91. The number of carboxylic acids is 1. The maximum absolute atomic E-state index is 13.7. The number of rotatable bonds is 5. The molecule has 0 radical (unpaired) electrons. The molecule has 0 atom stereocenters. The van der Waals surface area contributed by atoms with Crippen molar-refractivity contribution < 1.29 is 22.7 Å². The van der Waals surface area contributed by atoms with E-state index in [1.54, 1.807) is 0 Å². The van der Waals surface area contributed by atoms with Crippen molar-refractivity contribution in [3.63, 3.8) is 0 Å². The number of halogens is 2. The smallest absolute Gasteiger partial charge is 0.324 e. The van der Waals surface area contributed by atoms with E-state index in [1.165, 1.54) is 19.1 Å². The van der Waals surface area contributed by atoms with Crippen molar-refractivity contribution in [1.29, 1.82) is 0 Å². The minimum absolute atomic E-state index is 0.250. The standard InChI is InChI=1S/C10H11FINO4S/c1-2-18(16,17)13(6-10(14)15)9-4-3-7(12)5-8(9)11/h3-5H,2,6H2,1H3,(H,14,15). The second kappa shape index (κ2) is 5.83. The Bertz CT molecular complexity index is 561. The quantitative estimate of drug-likeness (QED) is 0.781. The Balaban J connectivity index is 3.30. The SMILES string of the molecule is CCS(=O)(=O)N(CC(=O)O)c1ccc(I)cc1F. The van der Waals surface area contributed by atoms with Crippen LogP contribution in [0.25, 0.3) is 0 Å². The van der Waals surface area contributed by atoms with Crippen LogP contribution in [0.5, 0.6) is 0 Å². The highest BCUT2D eigenvalue weighted by Crippen LogP contribution is 2.24.